The van der Waals surface area contributed by atoms with E-state index in [0.29, 0.717) is 54.3 Å². The molecule has 4 aliphatic carbocycles. The van der Waals surface area contributed by atoms with Crippen LogP contribution in [0.15, 0.2) is 11.6 Å². The number of rotatable bonds is 8. The largest absolute Gasteiger partial charge is 0.490 e. The van der Waals surface area contributed by atoms with E-state index in [0.717, 1.165) is 45.1 Å². The predicted octanol–water partition coefficient (Wildman–Crippen LogP) is 7.37. The Morgan fingerprint density at radius 1 is 1.14 bits per heavy atom. The summed E-state index contributed by atoms with van der Waals surface area (Å²) in [5.41, 5.74) is 1.49. The van der Waals surface area contributed by atoms with Crippen LogP contribution in [0.4, 0.5) is 13.2 Å². The van der Waals surface area contributed by atoms with Gasteiger partial charge in [0.1, 0.15) is 6.10 Å². The van der Waals surface area contributed by atoms with Crippen LogP contribution in [0, 0.1) is 40.4 Å². The number of nitrogens with one attached hydrogen (secondary N) is 1. The minimum Gasteiger partial charge on any atom is -0.455 e. The van der Waals surface area contributed by atoms with Crippen molar-refractivity contribution in [1.82, 2.24) is 5.32 Å². The van der Waals surface area contributed by atoms with Gasteiger partial charge in [0.15, 0.2) is 0 Å². The molecule has 0 aromatic rings. The summed E-state index contributed by atoms with van der Waals surface area (Å²) in [6, 6.07) is 0. The molecule has 37 heavy (non-hydrogen) atoms. The molecule has 0 aromatic carbocycles. The second-order valence-electron chi connectivity index (χ2n) is 13.0. The lowest BCUT2D eigenvalue weighted by molar-refractivity contribution is -0.206. The van der Waals surface area contributed by atoms with Crippen molar-refractivity contribution in [1.29, 1.82) is 0 Å². The summed E-state index contributed by atoms with van der Waals surface area (Å²) in [6.07, 6.45) is 7.85. The van der Waals surface area contributed by atoms with Crippen LogP contribution in [-0.2, 0) is 14.3 Å². The van der Waals surface area contributed by atoms with E-state index >= 15 is 0 Å². The van der Waals surface area contributed by atoms with E-state index in [1.807, 2.05) is 0 Å². The Labute approximate surface area is 220 Å². The second kappa shape index (κ2) is 10.9. The molecule has 0 spiro atoms. The highest BCUT2D eigenvalue weighted by Gasteiger charge is 2.59. The number of fused-ring (bicyclic) bond motifs is 5. The number of alkyl halides is 3. The molecule has 4 nitrogen and oxygen atoms in total. The van der Waals surface area contributed by atoms with E-state index < -0.39 is 18.2 Å². The van der Waals surface area contributed by atoms with Gasteiger partial charge < -0.3 is 10.1 Å². The summed E-state index contributed by atoms with van der Waals surface area (Å²) in [5.74, 6) is 1.09. The topological polar surface area (TPSA) is 55.4 Å². The second-order valence-corrected chi connectivity index (χ2v) is 13.0. The van der Waals surface area contributed by atoms with Crippen molar-refractivity contribution < 1.29 is 27.5 Å². The van der Waals surface area contributed by atoms with Crippen LogP contribution in [0.5, 0.6) is 0 Å². The fraction of sp³-hybridized carbons (Fsp3) is 0.867. The summed E-state index contributed by atoms with van der Waals surface area (Å²) in [7, 11) is 0. The van der Waals surface area contributed by atoms with E-state index in [9.17, 15) is 22.8 Å². The molecule has 0 aliphatic heterocycles. The van der Waals surface area contributed by atoms with Gasteiger partial charge in [-0.2, -0.15) is 13.2 Å². The normalized spacial score (nSPS) is 38.0. The van der Waals surface area contributed by atoms with Crippen LogP contribution in [-0.4, -0.2) is 30.7 Å². The number of hydrogen-bond acceptors (Lipinski definition) is 3. The van der Waals surface area contributed by atoms with Crippen molar-refractivity contribution in [3.63, 3.8) is 0 Å². The van der Waals surface area contributed by atoms with Crippen molar-refractivity contribution in [2.75, 3.05) is 6.54 Å². The van der Waals surface area contributed by atoms with Gasteiger partial charge in [0.25, 0.3) is 0 Å². The van der Waals surface area contributed by atoms with Crippen LogP contribution in [0.25, 0.3) is 0 Å². The Bertz CT molecular complexity index is 886. The van der Waals surface area contributed by atoms with E-state index in [-0.39, 0.29) is 11.3 Å². The fourth-order valence-electron chi connectivity index (χ4n) is 8.97. The molecule has 0 bridgehead atoms. The van der Waals surface area contributed by atoms with Crippen LogP contribution in [0.1, 0.15) is 105 Å². The van der Waals surface area contributed by atoms with Gasteiger partial charge >= 0.3 is 12.1 Å². The molecule has 4 aliphatic rings. The zero-order valence-electron chi connectivity index (χ0n) is 23.1. The molecule has 0 heterocycles. The monoisotopic (exact) mass is 525 g/mol. The van der Waals surface area contributed by atoms with E-state index in [1.54, 1.807) is 0 Å². The highest BCUT2D eigenvalue weighted by molar-refractivity contribution is 5.76. The van der Waals surface area contributed by atoms with Gasteiger partial charge in [-0.15, -0.1) is 0 Å². The predicted molar refractivity (Wildman–Crippen MR) is 137 cm³/mol. The maximum Gasteiger partial charge on any atom is 0.490 e. The fourth-order valence-corrected chi connectivity index (χ4v) is 8.97. The van der Waals surface area contributed by atoms with Gasteiger partial charge in [-0.25, -0.2) is 4.79 Å². The number of esters is 1. The SMILES string of the molecule is CCCCNC(=O)CCC(C)C1CCC2C3CC=C4CC(OC(=O)C(F)(F)F)CCC4(C)C3CCC12C. The lowest BCUT2D eigenvalue weighted by Gasteiger charge is -2.58. The van der Waals surface area contributed by atoms with Crippen LogP contribution in [0.3, 0.4) is 0 Å². The summed E-state index contributed by atoms with van der Waals surface area (Å²) >= 11 is 0. The molecule has 0 aromatic heterocycles. The molecule has 4 rings (SSSR count). The Morgan fingerprint density at radius 3 is 2.59 bits per heavy atom. The summed E-state index contributed by atoms with van der Waals surface area (Å²) < 4.78 is 43.0. The number of carbonyl (C=O) groups excluding carboxylic acids is 2. The van der Waals surface area contributed by atoms with Crippen LogP contribution < -0.4 is 5.32 Å². The van der Waals surface area contributed by atoms with Gasteiger partial charge in [-0.05, 0) is 98.2 Å². The lowest BCUT2D eigenvalue weighted by Crippen LogP contribution is -2.51. The summed E-state index contributed by atoms with van der Waals surface area (Å²) in [5, 5.41) is 3.06. The summed E-state index contributed by atoms with van der Waals surface area (Å²) in [4.78, 5) is 23.7. The highest BCUT2D eigenvalue weighted by atomic mass is 19.4. The zero-order chi connectivity index (χ0) is 27.0. The maximum absolute atomic E-state index is 12.7. The Morgan fingerprint density at radius 2 is 1.89 bits per heavy atom. The van der Waals surface area contributed by atoms with Crippen molar-refractivity contribution in [2.24, 2.45) is 40.4 Å². The molecule has 8 atom stereocenters. The van der Waals surface area contributed by atoms with E-state index in [2.05, 4.69) is 39.1 Å². The van der Waals surface area contributed by atoms with Crippen LogP contribution in [0.2, 0.25) is 0 Å². The molecule has 1 N–H and O–H groups in total. The number of allylic oxidation sites excluding steroid dienone is 1. The van der Waals surface area contributed by atoms with Gasteiger partial charge in [0, 0.05) is 19.4 Å². The molecule has 3 saturated carbocycles. The van der Waals surface area contributed by atoms with E-state index in [1.165, 1.54) is 24.8 Å². The minimum absolute atomic E-state index is 0.00827. The first-order valence-corrected chi connectivity index (χ1v) is 14.6. The molecule has 7 heteroatoms. The maximum atomic E-state index is 12.7. The molecular weight excluding hydrogens is 479 g/mol. The Balaban J connectivity index is 1.39. The average molecular weight is 526 g/mol. The number of unbranched alkanes of at least 4 members (excludes halogenated alkanes) is 1. The molecule has 1 amide bonds. The van der Waals surface area contributed by atoms with Gasteiger partial charge in [0.2, 0.25) is 5.91 Å². The third-order valence-electron chi connectivity index (χ3n) is 11.0. The molecule has 8 unspecified atom stereocenters. The number of halogens is 3. The number of ether oxygens (including phenoxy) is 1. The first kappa shape index (κ1) is 28.5. The van der Waals surface area contributed by atoms with Gasteiger partial charge in [-0.3, -0.25) is 4.79 Å². The molecule has 0 radical (unpaired) electrons. The first-order chi connectivity index (χ1) is 17.4. The third kappa shape index (κ3) is 5.61. The van der Waals surface area contributed by atoms with E-state index in [4.69, 9.17) is 4.74 Å². The first-order valence-electron chi connectivity index (χ1n) is 14.6. The zero-order valence-corrected chi connectivity index (χ0v) is 23.1. The molecular formula is C30H46F3NO3. The Kier molecular flexibility index (Phi) is 8.40. The van der Waals surface area contributed by atoms with Gasteiger partial charge in [0.05, 0.1) is 0 Å². The number of amides is 1. The quantitative estimate of drug-likeness (QED) is 0.204. The third-order valence-corrected chi connectivity index (χ3v) is 11.0. The number of carbonyl (C=O) groups is 2. The Hall–Kier alpha value is -1.53. The van der Waals surface area contributed by atoms with Crippen molar-refractivity contribution >= 4 is 11.9 Å². The lowest BCUT2D eigenvalue weighted by atomic mass is 9.47. The minimum atomic E-state index is -4.93. The van der Waals surface area contributed by atoms with Crippen molar-refractivity contribution in [3.8, 4) is 0 Å². The average Bonchev–Trinajstić information content (AvgIpc) is 3.19. The molecule has 0 saturated heterocycles. The standard InChI is InChI=1S/C30H46F3NO3/c1-5-6-17-34-26(35)12-7-19(2)23-10-11-24-22-9-8-20-18-21(37-27(36)30(31,32)33)13-15-28(20,3)25(22)14-16-29(23,24)4/h8,19,21-25H,5-7,9-18H2,1-4H3,(H,34,35). The van der Waals surface area contributed by atoms with Crippen molar-refractivity contribution in [2.45, 2.75) is 117 Å². The van der Waals surface area contributed by atoms with Crippen molar-refractivity contribution in [3.05, 3.63) is 11.6 Å². The number of hydrogen-bond donors (Lipinski definition) is 1. The molecule has 210 valence electrons. The van der Waals surface area contributed by atoms with Crippen LogP contribution >= 0.6 is 0 Å². The highest BCUT2D eigenvalue weighted by Crippen LogP contribution is 2.67. The van der Waals surface area contributed by atoms with Gasteiger partial charge in [-0.1, -0.05) is 45.8 Å². The smallest absolute Gasteiger partial charge is 0.455 e. The summed E-state index contributed by atoms with van der Waals surface area (Å²) in [6.45, 7) is 10.1. The molecule has 3 fully saturated rings.